The van der Waals surface area contributed by atoms with Gasteiger partial charge in [0.2, 0.25) is 5.91 Å². The molecule has 1 amide bonds. The van der Waals surface area contributed by atoms with Crippen molar-refractivity contribution in [3.05, 3.63) is 27.2 Å². The molecule has 0 aliphatic heterocycles. The summed E-state index contributed by atoms with van der Waals surface area (Å²) in [6.07, 6.45) is 14.1. The van der Waals surface area contributed by atoms with Gasteiger partial charge in [0.25, 0.3) is 0 Å². The highest BCUT2D eigenvalue weighted by molar-refractivity contribution is 7.17. The van der Waals surface area contributed by atoms with Gasteiger partial charge < -0.3 is 15.2 Å². The third-order valence-electron chi connectivity index (χ3n) is 8.64. The number of hydrogen-bond acceptors (Lipinski definition) is 5. The molecule has 0 radical (unpaired) electrons. The molecule has 7 heteroatoms. The van der Waals surface area contributed by atoms with E-state index in [0.29, 0.717) is 10.6 Å². The Labute approximate surface area is 225 Å². The summed E-state index contributed by atoms with van der Waals surface area (Å²) in [4.78, 5) is 40.4. The summed E-state index contributed by atoms with van der Waals surface area (Å²) in [6.45, 7) is 6.12. The number of hydrogen-bond donors (Lipinski definition) is 2. The Morgan fingerprint density at radius 3 is 2.03 bits per heavy atom. The summed E-state index contributed by atoms with van der Waals surface area (Å²) < 4.78 is 5.46. The van der Waals surface area contributed by atoms with Crippen LogP contribution in [0.2, 0.25) is 0 Å². The van der Waals surface area contributed by atoms with Gasteiger partial charge in [0, 0.05) is 4.88 Å². The predicted octanol–water partition coefficient (Wildman–Crippen LogP) is 7.17. The van der Waals surface area contributed by atoms with Crippen LogP contribution in [0.1, 0.15) is 112 Å². The fourth-order valence-electron chi connectivity index (χ4n) is 7.11. The number of aliphatic carboxylic acids is 1. The summed E-state index contributed by atoms with van der Waals surface area (Å²) >= 11 is 1.50. The van der Waals surface area contributed by atoms with Gasteiger partial charge in [-0.05, 0) is 76.7 Å². The van der Waals surface area contributed by atoms with Gasteiger partial charge >= 0.3 is 11.9 Å². The molecule has 1 aromatic heterocycles. The molecule has 2 bridgehead atoms. The molecule has 0 aromatic carbocycles. The average molecular weight is 530 g/mol. The van der Waals surface area contributed by atoms with E-state index in [1.807, 2.05) is 13.8 Å². The molecule has 2 fully saturated rings. The van der Waals surface area contributed by atoms with Crippen molar-refractivity contribution in [1.82, 2.24) is 0 Å². The van der Waals surface area contributed by atoms with Crippen LogP contribution < -0.4 is 5.32 Å². The Morgan fingerprint density at radius 2 is 1.46 bits per heavy atom. The lowest BCUT2D eigenvalue weighted by Gasteiger charge is -2.26. The number of esters is 1. The first-order valence-electron chi connectivity index (χ1n) is 14.4. The van der Waals surface area contributed by atoms with Crippen molar-refractivity contribution in [3.8, 4) is 0 Å². The van der Waals surface area contributed by atoms with Crippen molar-refractivity contribution in [2.24, 2.45) is 23.7 Å². The van der Waals surface area contributed by atoms with Crippen LogP contribution in [0.25, 0.3) is 0 Å². The molecule has 4 unspecified atom stereocenters. The Kier molecular flexibility index (Phi) is 9.49. The maximum absolute atomic E-state index is 13.8. The normalized spacial score (nSPS) is 26.4. The number of anilines is 1. The van der Waals surface area contributed by atoms with Crippen molar-refractivity contribution < 1.29 is 24.2 Å². The largest absolute Gasteiger partial charge is 0.481 e. The van der Waals surface area contributed by atoms with E-state index in [2.05, 4.69) is 5.32 Å². The molecule has 4 rings (SSSR count). The number of allylic oxidation sites excluding steroid dienone is 2. The zero-order valence-corrected chi connectivity index (χ0v) is 23.5. The van der Waals surface area contributed by atoms with E-state index in [-0.39, 0.29) is 30.3 Å². The number of carboxylic acid groups (broad SMARTS) is 1. The standard InChI is InChI=1S/C30H43NO5S/c1-4-36-30(35)26-19-14-12-10-8-6-5-7-9-11-13-15-22(19)37-28(26)31-27(32)24-20-16-17-21(23(20)18(2)3)25(24)29(33)34/h20-21,24-25H,4-17H2,1-3H3,(H,31,32)(H,33,34). The van der Waals surface area contributed by atoms with Crippen molar-refractivity contribution >= 4 is 34.2 Å². The predicted molar refractivity (Wildman–Crippen MR) is 147 cm³/mol. The van der Waals surface area contributed by atoms with Crippen LogP contribution >= 0.6 is 11.3 Å². The van der Waals surface area contributed by atoms with E-state index >= 15 is 0 Å². The number of fused-ring (bicyclic) bond motifs is 3. The minimum absolute atomic E-state index is 0.0356. The van der Waals surface area contributed by atoms with Crippen LogP contribution in [0.3, 0.4) is 0 Å². The number of carboxylic acids is 1. The fourth-order valence-corrected chi connectivity index (χ4v) is 8.39. The molecule has 4 atom stereocenters. The van der Waals surface area contributed by atoms with Gasteiger partial charge in [-0.15, -0.1) is 11.3 Å². The van der Waals surface area contributed by atoms with Gasteiger partial charge in [-0.3, -0.25) is 9.59 Å². The minimum Gasteiger partial charge on any atom is -0.481 e. The van der Waals surface area contributed by atoms with Crippen LogP contribution in [-0.4, -0.2) is 29.6 Å². The molecular weight excluding hydrogens is 486 g/mol. The first kappa shape index (κ1) is 27.9. The van der Waals surface area contributed by atoms with Crippen LogP contribution in [0.15, 0.2) is 11.1 Å². The van der Waals surface area contributed by atoms with Crippen molar-refractivity contribution in [2.75, 3.05) is 11.9 Å². The van der Waals surface area contributed by atoms with Gasteiger partial charge in [0.05, 0.1) is 24.0 Å². The molecule has 37 heavy (non-hydrogen) atoms. The lowest BCUT2D eigenvalue weighted by Crippen LogP contribution is -2.38. The quantitative estimate of drug-likeness (QED) is 0.312. The number of rotatable bonds is 5. The summed E-state index contributed by atoms with van der Waals surface area (Å²) in [5.74, 6) is -2.97. The van der Waals surface area contributed by atoms with E-state index in [9.17, 15) is 19.5 Å². The molecule has 1 heterocycles. The zero-order valence-electron chi connectivity index (χ0n) is 22.7. The number of aryl methyl sites for hydroxylation is 1. The molecule has 3 aliphatic carbocycles. The molecule has 3 aliphatic rings. The zero-order chi connectivity index (χ0) is 26.5. The number of amides is 1. The van der Waals surface area contributed by atoms with Gasteiger partial charge in [-0.25, -0.2) is 4.79 Å². The van der Waals surface area contributed by atoms with Crippen molar-refractivity contribution in [1.29, 1.82) is 0 Å². The number of ether oxygens (including phenoxy) is 1. The third kappa shape index (κ3) is 5.97. The second kappa shape index (κ2) is 12.6. The Bertz CT molecular complexity index is 1040. The SMILES string of the molecule is CCOC(=O)c1c(NC(=O)C2C3CCC(C3=C(C)C)C2C(=O)O)sc2c1CCCCCCCCCCC2. The lowest BCUT2D eigenvalue weighted by molar-refractivity contribution is -0.148. The Hall–Kier alpha value is -2.15. The topological polar surface area (TPSA) is 92.7 Å². The van der Waals surface area contributed by atoms with E-state index in [0.717, 1.165) is 61.7 Å². The molecule has 6 nitrogen and oxygen atoms in total. The van der Waals surface area contributed by atoms with E-state index in [1.54, 1.807) is 6.92 Å². The van der Waals surface area contributed by atoms with Gasteiger partial charge in [-0.2, -0.15) is 0 Å². The molecule has 0 spiro atoms. The summed E-state index contributed by atoms with van der Waals surface area (Å²) in [6, 6.07) is 0. The first-order chi connectivity index (χ1) is 17.8. The maximum atomic E-state index is 13.8. The third-order valence-corrected chi connectivity index (χ3v) is 9.85. The summed E-state index contributed by atoms with van der Waals surface area (Å²) in [5, 5.41) is 13.7. The second-order valence-corrected chi connectivity index (χ2v) is 12.3. The molecule has 0 saturated heterocycles. The molecule has 1 aromatic rings. The highest BCUT2D eigenvalue weighted by Gasteiger charge is 2.57. The van der Waals surface area contributed by atoms with Crippen LogP contribution in [-0.2, 0) is 27.2 Å². The maximum Gasteiger partial charge on any atom is 0.341 e. The summed E-state index contributed by atoms with van der Waals surface area (Å²) in [5.41, 5.74) is 3.83. The van der Waals surface area contributed by atoms with E-state index < -0.39 is 17.8 Å². The van der Waals surface area contributed by atoms with Crippen molar-refractivity contribution in [3.63, 3.8) is 0 Å². The van der Waals surface area contributed by atoms with Gasteiger partial charge in [0.15, 0.2) is 0 Å². The lowest BCUT2D eigenvalue weighted by atomic mass is 9.78. The van der Waals surface area contributed by atoms with Gasteiger partial charge in [0.1, 0.15) is 5.00 Å². The summed E-state index contributed by atoms with van der Waals surface area (Å²) in [7, 11) is 0. The number of carbonyl (C=O) groups is 3. The number of thiophene rings is 1. The van der Waals surface area contributed by atoms with Gasteiger partial charge in [-0.1, -0.05) is 56.1 Å². The fraction of sp³-hybridized carbons (Fsp3) is 0.700. The second-order valence-electron chi connectivity index (χ2n) is 11.2. The molecule has 2 N–H and O–H groups in total. The number of carbonyl (C=O) groups excluding carboxylic acids is 2. The Morgan fingerprint density at radius 1 is 0.892 bits per heavy atom. The van der Waals surface area contributed by atoms with Crippen LogP contribution in [0.4, 0.5) is 5.00 Å². The Balaban J connectivity index is 1.65. The highest BCUT2D eigenvalue weighted by Crippen LogP contribution is 2.57. The van der Waals surface area contributed by atoms with Crippen LogP contribution in [0.5, 0.6) is 0 Å². The van der Waals surface area contributed by atoms with E-state index in [4.69, 9.17) is 4.74 Å². The molecule has 204 valence electrons. The monoisotopic (exact) mass is 529 g/mol. The number of nitrogens with one attached hydrogen (secondary N) is 1. The highest BCUT2D eigenvalue weighted by atomic mass is 32.1. The minimum atomic E-state index is -0.897. The smallest absolute Gasteiger partial charge is 0.341 e. The average Bonchev–Trinajstić information content (AvgIpc) is 3.52. The first-order valence-corrected chi connectivity index (χ1v) is 15.2. The molecular formula is C30H43NO5S. The van der Waals surface area contributed by atoms with Crippen LogP contribution in [0, 0.1) is 23.7 Å². The van der Waals surface area contributed by atoms with Crippen molar-refractivity contribution in [2.45, 2.75) is 104 Å². The molecule has 2 saturated carbocycles. The van der Waals surface area contributed by atoms with E-state index in [1.165, 1.54) is 54.7 Å².